The van der Waals surface area contributed by atoms with Crippen molar-refractivity contribution in [2.45, 2.75) is 19.4 Å². The Bertz CT molecular complexity index is 555. The number of benzene rings is 2. The first-order valence-corrected chi connectivity index (χ1v) is 7.47. The van der Waals surface area contributed by atoms with E-state index in [0.29, 0.717) is 5.02 Å². The van der Waals surface area contributed by atoms with Crippen LogP contribution in [0.4, 0.5) is 0 Å². The number of ether oxygens (including phenoxy) is 1. The molecular formula is C15H15ClINO. The summed E-state index contributed by atoms with van der Waals surface area (Å²) in [6.45, 7) is 1.96. The van der Waals surface area contributed by atoms with Crippen LogP contribution in [0.5, 0.6) is 11.5 Å². The first-order chi connectivity index (χ1) is 9.04. The summed E-state index contributed by atoms with van der Waals surface area (Å²) in [5, 5.41) is 0.695. The van der Waals surface area contributed by atoms with Crippen molar-refractivity contribution in [1.29, 1.82) is 0 Å². The summed E-state index contributed by atoms with van der Waals surface area (Å²) < 4.78 is 6.93. The third-order valence-corrected chi connectivity index (χ3v) is 3.69. The van der Waals surface area contributed by atoms with Gasteiger partial charge in [0.1, 0.15) is 11.5 Å². The summed E-state index contributed by atoms with van der Waals surface area (Å²) in [5.74, 6) is 1.54. The van der Waals surface area contributed by atoms with Gasteiger partial charge in [0.2, 0.25) is 0 Å². The van der Waals surface area contributed by atoms with Gasteiger partial charge in [0.05, 0.1) is 0 Å². The van der Waals surface area contributed by atoms with Crippen molar-refractivity contribution in [2.24, 2.45) is 5.73 Å². The minimum Gasteiger partial charge on any atom is -0.457 e. The minimum absolute atomic E-state index is 0.0977. The van der Waals surface area contributed by atoms with Crippen LogP contribution in [-0.2, 0) is 6.42 Å². The van der Waals surface area contributed by atoms with E-state index in [4.69, 9.17) is 22.1 Å². The predicted molar refractivity (Wildman–Crippen MR) is 88.0 cm³/mol. The van der Waals surface area contributed by atoms with Crippen molar-refractivity contribution >= 4 is 34.2 Å². The number of halogens is 2. The Morgan fingerprint density at radius 2 is 1.79 bits per heavy atom. The second-order valence-corrected chi connectivity index (χ2v) is 6.14. The lowest BCUT2D eigenvalue weighted by Crippen LogP contribution is -2.17. The van der Waals surface area contributed by atoms with Gasteiger partial charge in [-0.05, 0) is 77.9 Å². The molecule has 100 valence electrons. The van der Waals surface area contributed by atoms with Crippen LogP contribution in [0.2, 0.25) is 5.02 Å². The van der Waals surface area contributed by atoms with Crippen molar-refractivity contribution in [3.05, 3.63) is 56.6 Å². The molecule has 1 atom stereocenters. The lowest BCUT2D eigenvalue weighted by molar-refractivity contribution is 0.482. The molecule has 2 N–H and O–H groups in total. The highest BCUT2D eigenvalue weighted by Gasteiger charge is 2.06. The maximum Gasteiger partial charge on any atom is 0.128 e. The summed E-state index contributed by atoms with van der Waals surface area (Å²) >= 11 is 8.49. The molecule has 2 rings (SSSR count). The van der Waals surface area contributed by atoms with Crippen molar-refractivity contribution in [3.8, 4) is 11.5 Å². The molecule has 2 aromatic carbocycles. The molecule has 1 unspecified atom stereocenters. The first kappa shape index (κ1) is 14.6. The lowest BCUT2D eigenvalue weighted by Gasteiger charge is -2.10. The summed E-state index contributed by atoms with van der Waals surface area (Å²) in [4.78, 5) is 0. The van der Waals surface area contributed by atoms with Crippen LogP contribution >= 0.6 is 34.2 Å². The van der Waals surface area contributed by atoms with Crippen molar-refractivity contribution in [2.75, 3.05) is 0 Å². The molecule has 0 heterocycles. The first-order valence-electron chi connectivity index (χ1n) is 6.02. The molecule has 0 saturated heterocycles. The van der Waals surface area contributed by atoms with E-state index >= 15 is 0 Å². The second kappa shape index (κ2) is 6.59. The van der Waals surface area contributed by atoms with Crippen LogP contribution in [0.3, 0.4) is 0 Å². The van der Waals surface area contributed by atoms with Gasteiger partial charge in [0, 0.05) is 14.6 Å². The molecule has 0 aliphatic rings. The summed E-state index contributed by atoms with van der Waals surface area (Å²) in [6.07, 6.45) is 0.767. The van der Waals surface area contributed by atoms with Crippen LogP contribution in [0, 0.1) is 3.57 Å². The fourth-order valence-electron chi connectivity index (χ4n) is 1.74. The van der Waals surface area contributed by atoms with Gasteiger partial charge in [-0.1, -0.05) is 17.7 Å². The predicted octanol–water partition coefficient (Wildman–Crippen LogP) is 4.63. The normalized spacial score (nSPS) is 12.2. The van der Waals surface area contributed by atoms with Gasteiger partial charge >= 0.3 is 0 Å². The van der Waals surface area contributed by atoms with E-state index in [1.54, 1.807) is 0 Å². The Morgan fingerprint density at radius 1 is 1.16 bits per heavy atom. The zero-order chi connectivity index (χ0) is 13.8. The van der Waals surface area contributed by atoms with Crippen LogP contribution in [-0.4, -0.2) is 6.04 Å². The Balaban J connectivity index is 2.13. The van der Waals surface area contributed by atoms with E-state index in [1.807, 2.05) is 49.4 Å². The highest BCUT2D eigenvalue weighted by Crippen LogP contribution is 2.27. The van der Waals surface area contributed by atoms with Gasteiger partial charge in [0.25, 0.3) is 0 Å². The number of hydrogen-bond donors (Lipinski definition) is 1. The number of rotatable bonds is 4. The average Bonchev–Trinajstić information content (AvgIpc) is 2.35. The van der Waals surface area contributed by atoms with Gasteiger partial charge < -0.3 is 10.5 Å². The van der Waals surface area contributed by atoms with Gasteiger partial charge in [-0.25, -0.2) is 0 Å². The molecule has 0 saturated carbocycles. The van der Waals surface area contributed by atoms with Gasteiger partial charge in [-0.2, -0.15) is 0 Å². The van der Waals surface area contributed by atoms with E-state index in [9.17, 15) is 0 Å². The van der Waals surface area contributed by atoms with E-state index in [-0.39, 0.29) is 6.04 Å². The molecule has 2 nitrogen and oxygen atoms in total. The Morgan fingerprint density at radius 3 is 2.37 bits per heavy atom. The quantitative estimate of drug-likeness (QED) is 0.777. The molecule has 0 amide bonds. The van der Waals surface area contributed by atoms with E-state index in [0.717, 1.165) is 23.5 Å². The molecule has 0 radical (unpaired) electrons. The topological polar surface area (TPSA) is 35.2 Å². The second-order valence-electron chi connectivity index (χ2n) is 4.49. The van der Waals surface area contributed by atoms with Crippen LogP contribution < -0.4 is 10.5 Å². The fraction of sp³-hybridized carbons (Fsp3) is 0.200. The minimum atomic E-state index is 0.0977. The Kier molecular flexibility index (Phi) is 5.07. The third-order valence-electron chi connectivity index (χ3n) is 2.62. The van der Waals surface area contributed by atoms with Gasteiger partial charge in [0.15, 0.2) is 0 Å². The smallest absolute Gasteiger partial charge is 0.128 e. The molecular weight excluding hydrogens is 373 g/mol. The van der Waals surface area contributed by atoms with Crippen LogP contribution in [0.15, 0.2) is 42.5 Å². The molecule has 0 aliphatic heterocycles. The highest BCUT2D eigenvalue weighted by atomic mass is 127. The van der Waals surface area contributed by atoms with Gasteiger partial charge in [-0.15, -0.1) is 0 Å². The largest absolute Gasteiger partial charge is 0.457 e. The molecule has 19 heavy (non-hydrogen) atoms. The molecule has 4 heteroatoms. The number of hydrogen-bond acceptors (Lipinski definition) is 2. The molecule has 0 bridgehead atoms. The zero-order valence-corrected chi connectivity index (χ0v) is 13.5. The summed E-state index contributed by atoms with van der Waals surface area (Å²) in [6, 6.07) is 13.7. The zero-order valence-electron chi connectivity index (χ0n) is 10.6. The standard InChI is InChI=1S/C15H15ClINO/c1-10(18)8-11-2-5-14(9-15(11)16)19-13-6-3-12(17)4-7-13/h2-7,9-10H,8,18H2,1H3. The number of nitrogens with two attached hydrogens (primary N) is 1. The molecule has 0 spiro atoms. The third kappa shape index (κ3) is 4.37. The highest BCUT2D eigenvalue weighted by molar-refractivity contribution is 14.1. The summed E-state index contributed by atoms with van der Waals surface area (Å²) in [5.41, 5.74) is 6.83. The van der Waals surface area contributed by atoms with Gasteiger partial charge in [-0.3, -0.25) is 0 Å². The molecule has 0 fully saturated rings. The fourth-order valence-corrected chi connectivity index (χ4v) is 2.35. The van der Waals surface area contributed by atoms with E-state index < -0.39 is 0 Å². The van der Waals surface area contributed by atoms with Crippen molar-refractivity contribution < 1.29 is 4.74 Å². The maximum absolute atomic E-state index is 6.23. The molecule has 0 aromatic heterocycles. The Hall–Kier alpha value is -0.780. The van der Waals surface area contributed by atoms with E-state index in [1.165, 1.54) is 3.57 Å². The maximum atomic E-state index is 6.23. The van der Waals surface area contributed by atoms with Crippen LogP contribution in [0.1, 0.15) is 12.5 Å². The average molecular weight is 388 g/mol. The van der Waals surface area contributed by atoms with Crippen LogP contribution in [0.25, 0.3) is 0 Å². The lowest BCUT2D eigenvalue weighted by atomic mass is 10.1. The molecule has 0 aliphatic carbocycles. The SMILES string of the molecule is CC(N)Cc1ccc(Oc2ccc(I)cc2)cc1Cl. The monoisotopic (exact) mass is 387 g/mol. The molecule has 2 aromatic rings. The van der Waals surface area contributed by atoms with Crippen molar-refractivity contribution in [1.82, 2.24) is 0 Å². The Labute approximate surface area is 132 Å². The summed E-state index contributed by atoms with van der Waals surface area (Å²) in [7, 11) is 0. The van der Waals surface area contributed by atoms with E-state index in [2.05, 4.69) is 22.6 Å². The van der Waals surface area contributed by atoms with Crippen molar-refractivity contribution in [3.63, 3.8) is 0 Å².